The van der Waals surface area contributed by atoms with Gasteiger partial charge in [0.05, 0.1) is 0 Å². The van der Waals surface area contributed by atoms with Gasteiger partial charge in [0, 0.05) is 14.2 Å². The predicted octanol–water partition coefficient (Wildman–Crippen LogP) is 6.94. The summed E-state index contributed by atoms with van der Waals surface area (Å²) in [6.07, 6.45) is 14.5. The molecule has 1 N–H and O–H groups in total. The Balaban J connectivity index is 4.33. The van der Waals surface area contributed by atoms with E-state index in [9.17, 15) is 9.67 Å². The van der Waals surface area contributed by atoms with Gasteiger partial charge in [0.1, 0.15) is 0 Å². The monoisotopic (exact) mass is 398 g/mol. The molecule has 0 fully saturated rings. The van der Waals surface area contributed by atoms with Crippen LogP contribution in [0.5, 0.6) is 0 Å². The van der Waals surface area contributed by atoms with Crippen molar-refractivity contribution in [3.8, 4) is 0 Å². The minimum absolute atomic E-state index is 0.805. The Morgan fingerprint density at radius 3 is 1.63 bits per heavy atom. The first-order chi connectivity index (χ1) is 12.6. The lowest BCUT2D eigenvalue weighted by atomic mass is 10.0. The summed E-state index contributed by atoms with van der Waals surface area (Å²) in [4.78, 5) is 0. The molecule has 0 radical (unpaired) electrons. The van der Waals surface area contributed by atoms with Crippen LogP contribution in [0.4, 0.5) is 0 Å². The maximum atomic E-state index is 12.1. The van der Waals surface area contributed by atoms with Crippen LogP contribution in [0.3, 0.4) is 0 Å². The smallest absolute Gasteiger partial charge is 0.362 e. The first-order valence-electron chi connectivity index (χ1n) is 9.65. The number of hydrogen-bond donors (Lipinski definition) is 1. The summed E-state index contributed by atoms with van der Waals surface area (Å²) in [5, 5.41) is 9.99. The quantitative estimate of drug-likeness (QED) is 0.270. The molecule has 0 heterocycles. The van der Waals surface area contributed by atoms with Gasteiger partial charge >= 0.3 is 7.60 Å². The molecule has 0 amide bonds. The molecule has 0 aromatic rings. The Morgan fingerprint density at radius 1 is 0.815 bits per heavy atom. The van der Waals surface area contributed by atoms with Crippen LogP contribution in [0, 0.1) is 0 Å². The number of rotatable bonds is 13. The van der Waals surface area contributed by atoms with Gasteiger partial charge in [-0.05, 0) is 79.2 Å². The highest BCUT2D eigenvalue weighted by molar-refractivity contribution is 7.54. The summed E-state index contributed by atoms with van der Waals surface area (Å²) in [6, 6.07) is 0. The van der Waals surface area contributed by atoms with Gasteiger partial charge < -0.3 is 14.2 Å². The van der Waals surface area contributed by atoms with E-state index < -0.39 is 13.4 Å². The van der Waals surface area contributed by atoms with Crippen molar-refractivity contribution in [2.75, 3.05) is 14.2 Å². The Kier molecular flexibility index (Phi) is 13.6. The number of aliphatic hydroxyl groups excluding tert-OH is 1. The van der Waals surface area contributed by atoms with E-state index in [0.29, 0.717) is 0 Å². The van der Waals surface area contributed by atoms with Crippen LogP contribution < -0.4 is 0 Å². The van der Waals surface area contributed by atoms with E-state index in [1.54, 1.807) is 6.08 Å². The van der Waals surface area contributed by atoms with Crippen LogP contribution in [0.2, 0.25) is 0 Å². The molecule has 0 saturated heterocycles. The van der Waals surface area contributed by atoms with Crippen molar-refractivity contribution in [3.05, 3.63) is 46.6 Å². The first kappa shape index (κ1) is 26.1. The average molecular weight is 399 g/mol. The number of allylic oxidation sites excluding steroid dienone is 7. The third-order valence-corrected chi connectivity index (χ3v) is 6.24. The van der Waals surface area contributed by atoms with Crippen LogP contribution >= 0.6 is 7.60 Å². The molecule has 0 saturated carbocycles. The van der Waals surface area contributed by atoms with Crippen molar-refractivity contribution >= 4 is 7.60 Å². The lowest BCUT2D eigenvalue weighted by molar-refractivity contribution is 0.200. The minimum Gasteiger partial charge on any atom is -0.377 e. The Morgan fingerprint density at radius 2 is 1.22 bits per heavy atom. The standard InChI is InChI=1S/C22H39O4P/c1-18(2)11-8-12-19(3)13-9-14-20(4)15-10-16-21(5)17-22(23)27(24,25-6)26-7/h11,13,15,17,22-23H,8-10,12,14,16H2,1-7H3/b19-13+,20-15+,21-17+. The Bertz CT molecular complexity index is 587. The van der Waals surface area contributed by atoms with E-state index >= 15 is 0 Å². The topological polar surface area (TPSA) is 55.8 Å². The molecular weight excluding hydrogens is 359 g/mol. The zero-order valence-corrected chi connectivity index (χ0v) is 19.1. The van der Waals surface area contributed by atoms with Crippen molar-refractivity contribution in [1.29, 1.82) is 0 Å². The molecule has 0 rings (SSSR count). The van der Waals surface area contributed by atoms with Crippen molar-refractivity contribution in [2.45, 2.75) is 79.0 Å². The normalized spacial score (nSPS) is 15.0. The molecule has 0 bridgehead atoms. The summed E-state index contributed by atoms with van der Waals surface area (Å²) in [5.41, 5.74) is 5.17. The van der Waals surface area contributed by atoms with Crippen molar-refractivity contribution in [2.24, 2.45) is 0 Å². The molecule has 0 spiro atoms. The molecule has 0 aliphatic heterocycles. The van der Waals surface area contributed by atoms with Gasteiger partial charge in [0.2, 0.25) is 0 Å². The third-order valence-electron chi connectivity index (χ3n) is 4.42. The van der Waals surface area contributed by atoms with E-state index in [2.05, 4.69) is 45.9 Å². The van der Waals surface area contributed by atoms with E-state index in [-0.39, 0.29) is 0 Å². The summed E-state index contributed by atoms with van der Waals surface area (Å²) < 4.78 is 21.7. The SMILES string of the molecule is COP(=O)(OC)C(O)/C=C(\C)CC/C=C(\C)CC/C=C(\C)CCC=C(C)C. The summed E-state index contributed by atoms with van der Waals surface area (Å²) >= 11 is 0. The minimum atomic E-state index is -3.46. The highest BCUT2D eigenvalue weighted by Crippen LogP contribution is 2.51. The fourth-order valence-corrected chi connectivity index (χ4v) is 3.62. The van der Waals surface area contributed by atoms with E-state index in [1.165, 1.54) is 30.9 Å². The second-order valence-electron chi connectivity index (χ2n) is 7.33. The number of hydrogen-bond acceptors (Lipinski definition) is 4. The summed E-state index contributed by atoms with van der Waals surface area (Å²) in [5.74, 6) is -1.22. The molecule has 0 aromatic heterocycles. The summed E-state index contributed by atoms with van der Waals surface area (Å²) in [6.45, 7) is 10.6. The summed E-state index contributed by atoms with van der Waals surface area (Å²) in [7, 11) is -0.905. The fraction of sp³-hybridized carbons (Fsp3) is 0.636. The van der Waals surface area contributed by atoms with E-state index in [4.69, 9.17) is 9.05 Å². The second-order valence-corrected chi connectivity index (χ2v) is 9.67. The molecule has 1 atom stereocenters. The van der Waals surface area contributed by atoms with Gasteiger partial charge in [-0.1, -0.05) is 40.5 Å². The van der Waals surface area contributed by atoms with Gasteiger partial charge in [0.25, 0.3) is 0 Å². The Labute approximate surface area is 166 Å². The average Bonchev–Trinajstić information content (AvgIpc) is 2.60. The lowest BCUT2D eigenvalue weighted by Crippen LogP contribution is -2.07. The van der Waals surface area contributed by atoms with Crippen LogP contribution in [0.25, 0.3) is 0 Å². The van der Waals surface area contributed by atoms with Gasteiger partial charge in [0.15, 0.2) is 5.85 Å². The first-order valence-corrected chi connectivity index (χ1v) is 11.3. The van der Waals surface area contributed by atoms with E-state index in [0.717, 1.165) is 44.1 Å². The number of aliphatic hydroxyl groups is 1. The van der Waals surface area contributed by atoms with Crippen LogP contribution in [-0.2, 0) is 13.6 Å². The van der Waals surface area contributed by atoms with Gasteiger partial charge in [-0.3, -0.25) is 4.57 Å². The highest BCUT2D eigenvalue weighted by atomic mass is 31.2. The van der Waals surface area contributed by atoms with Gasteiger partial charge in [-0.15, -0.1) is 0 Å². The molecule has 1 unspecified atom stereocenters. The van der Waals surface area contributed by atoms with Crippen LogP contribution in [-0.4, -0.2) is 25.2 Å². The van der Waals surface area contributed by atoms with Gasteiger partial charge in [-0.2, -0.15) is 0 Å². The lowest BCUT2D eigenvalue weighted by Gasteiger charge is -2.17. The highest BCUT2D eigenvalue weighted by Gasteiger charge is 2.30. The maximum absolute atomic E-state index is 12.1. The van der Waals surface area contributed by atoms with E-state index in [1.807, 2.05) is 6.92 Å². The van der Waals surface area contributed by atoms with Crippen LogP contribution in [0.1, 0.15) is 73.1 Å². The van der Waals surface area contributed by atoms with Gasteiger partial charge in [-0.25, -0.2) is 0 Å². The maximum Gasteiger partial charge on any atom is 0.362 e. The van der Waals surface area contributed by atoms with Crippen LogP contribution in [0.15, 0.2) is 46.6 Å². The largest absolute Gasteiger partial charge is 0.377 e. The molecule has 0 aromatic carbocycles. The molecule has 4 nitrogen and oxygen atoms in total. The second kappa shape index (κ2) is 14.1. The Hall–Kier alpha value is -0.930. The van der Waals surface area contributed by atoms with Crippen molar-refractivity contribution < 1.29 is 18.7 Å². The molecule has 0 aliphatic rings. The molecular formula is C22H39O4P. The molecule has 156 valence electrons. The molecule has 0 aliphatic carbocycles. The zero-order valence-electron chi connectivity index (χ0n) is 18.2. The third kappa shape index (κ3) is 12.2. The predicted molar refractivity (Wildman–Crippen MR) is 116 cm³/mol. The van der Waals surface area contributed by atoms with Crippen molar-refractivity contribution in [1.82, 2.24) is 0 Å². The van der Waals surface area contributed by atoms with Crippen molar-refractivity contribution in [3.63, 3.8) is 0 Å². The molecule has 5 heteroatoms. The molecule has 27 heavy (non-hydrogen) atoms. The zero-order chi connectivity index (χ0) is 20.9. The fourth-order valence-electron chi connectivity index (χ4n) is 2.60.